The summed E-state index contributed by atoms with van der Waals surface area (Å²) in [5.74, 6) is 0.889. The van der Waals surface area contributed by atoms with Crippen molar-refractivity contribution in [2.24, 2.45) is 0 Å². The van der Waals surface area contributed by atoms with Gasteiger partial charge in [0.25, 0.3) is 0 Å². The minimum absolute atomic E-state index is 0.742. The topological polar surface area (TPSA) is 43.3 Å². The molecule has 2 N–H and O–H groups in total. The van der Waals surface area contributed by atoms with E-state index in [1.54, 1.807) is 0 Å². The summed E-state index contributed by atoms with van der Waals surface area (Å²) in [4.78, 5) is 4.53. The van der Waals surface area contributed by atoms with Crippen LogP contribution in [0, 0.1) is 0 Å². The fourth-order valence-electron chi connectivity index (χ4n) is 1.88. The molecule has 0 saturated carbocycles. The van der Waals surface area contributed by atoms with Crippen molar-refractivity contribution < 1.29 is 0 Å². The normalized spacial score (nSPS) is 10.9. The summed E-state index contributed by atoms with van der Waals surface area (Å²) in [6.45, 7) is 0. The van der Waals surface area contributed by atoms with Gasteiger partial charge in [0.2, 0.25) is 0 Å². The zero-order valence-corrected chi connectivity index (χ0v) is 10.6. The number of nitrogen functional groups attached to an aromatic ring is 1. The van der Waals surface area contributed by atoms with Crippen molar-refractivity contribution in [2.45, 2.75) is 0 Å². The maximum Gasteiger partial charge on any atom is 0.145 e. The Balaban J connectivity index is 2.31. The van der Waals surface area contributed by atoms with Gasteiger partial charge in [-0.1, -0.05) is 18.2 Å². The van der Waals surface area contributed by atoms with Gasteiger partial charge in [0, 0.05) is 17.4 Å². The smallest absolute Gasteiger partial charge is 0.145 e. The van der Waals surface area contributed by atoms with E-state index in [0.717, 1.165) is 27.2 Å². The first-order chi connectivity index (χ1) is 8.25. The zero-order chi connectivity index (χ0) is 11.8. The van der Waals surface area contributed by atoms with Crippen LogP contribution in [0.5, 0.6) is 0 Å². The number of nitrogens with two attached hydrogens (primary N) is 1. The monoisotopic (exact) mass is 287 g/mol. The van der Waals surface area contributed by atoms with E-state index in [9.17, 15) is 0 Å². The van der Waals surface area contributed by atoms with E-state index in [4.69, 9.17) is 5.73 Å². The Bertz CT molecular complexity index is 688. The summed E-state index contributed by atoms with van der Waals surface area (Å²) in [5.41, 5.74) is 8.60. The lowest BCUT2D eigenvalue weighted by atomic mass is 10.2. The molecule has 3 rings (SSSR count). The lowest BCUT2D eigenvalue weighted by Crippen LogP contribution is -1.90. The number of nitrogens with zero attached hydrogens (tertiary/aromatic N) is 2. The van der Waals surface area contributed by atoms with Crippen molar-refractivity contribution >= 4 is 27.1 Å². The summed E-state index contributed by atoms with van der Waals surface area (Å²) < 4.78 is 2.88. The molecule has 1 aromatic carbocycles. The minimum atomic E-state index is 0.742. The SMILES string of the molecule is Nc1cccc(-c2nc(Br)c3ccccn23)c1. The number of pyridine rings is 1. The highest BCUT2D eigenvalue weighted by Crippen LogP contribution is 2.26. The molecule has 0 saturated heterocycles. The molecule has 0 amide bonds. The first-order valence-electron chi connectivity index (χ1n) is 5.24. The number of anilines is 1. The molecule has 0 atom stereocenters. The molecule has 0 fully saturated rings. The van der Waals surface area contributed by atoms with Crippen molar-refractivity contribution in [1.29, 1.82) is 0 Å². The molecule has 84 valence electrons. The molecular formula is C13H10BrN3. The van der Waals surface area contributed by atoms with E-state index in [-0.39, 0.29) is 0 Å². The second-order valence-electron chi connectivity index (χ2n) is 3.81. The second kappa shape index (κ2) is 3.89. The van der Waals surface area contributed by atoms with Gasteiger partial charge in [0.05, 0.1) is 5.52 Å². The van der Waals surface area contributed by atoms with E-state index in [1.807, 2.05) is 53.1 Å². The highest BCUT2D eigenvalue weighted by molar-refractivity contribution is 9.10. The predicted octanol–water partition coefficient (Wildman–Crippen LogP) is 3.35. The fraction of sp³-hybridized carbons (Fsp3) is 0. The molecule has 4 heteroatoms. The largest absolute Gasteiger partial charge is 0.399 e. The number of benzene rings is 1. The summed E-state index contributed by atoms with van der Waals surface area (Å²) in [6, 6.07) is 13.7. The van der Waals surface area contributed by atoms with Gasteiger partial charge < -0.3 is 5.73 Å². The molecule has 3 nitrogen and oxygen atoms in total. The summed E-state index contributed by atoms with van der Waals surface area (Å²) in [5, 5.41) is 0. The van der Waals surface area contributed by atoms with Crippen LogP contribution in [-0.4, -0.2) is 9.38 Å². The molecule has 0 bridgehead atoms. The number of halogens is 1. The summed E-state index contributed by atoms with van der Waals surface area (Å²) in [7, 11) is 0. The molecule has 0 aliphatic heterocycles. The Morgan fingerprint density at radius 1 is 1.12 bits per heavy atom. The van der Waals surface area contributed by atoms with Crippen LogP contribution in [0.25, 0.3) is 16.9 Å². The number of fused-ring (bicyclic) bond motifs is 1. The summed E-state index contributed by atoms with van der Waals surface area (Å²) in [6.07, 6.45) is 1.99. The average Bonchev–Trinajstić information content (AvgIpc) is 2.68. The second-order valence-corrected chi connectivity index (χ2v) is 4.56. The quantitative estimate of drug-likeness (QED) is 0.698. The maximum atomic E-state index is 5.80. The van der Waals surface area contributed by atoms with Crippen molar-refractivity contribution in [3.63, 3.8) is 0 Å². The zero-order valence-electron chi connectivity index (χ0n) is 8.97. The standard InChI is InChI=1S/C13H10BrN3/c14-12-11-6-1-2-7-17(11)13(16-12)9-4-3-5-10(15)8-9/h1-8H,15H2. The van der Waals surface area contributed by atoms with Gasteiger partial charge in [-0.2, -0.15) is 0 Å². The number of rotatable bonds is 1. The van der Waals surface area contributed by atoms with Crippen LogP contribution in [0.4, 0.5) is 5.69 Å². The van der Waals surface area contributed by atoms with Gasteiger partial charge in [-0.3, -0.25) is 4.40 Å². The van der Waals surface area contributed by atoms with Gasteiger partial charge in [0.1, 0.15) is 10.4 Å². The molecule has 2 aromatic heterocycles. The van der Waals surface area contributed by atoms with E-state index < -0.39 is 0 Å². The predicted molar refractivity (Wildman–Crippen MR) is 72.7 cm³/mol. The molecule has 0 aliphatic carbocycles. The van der Waals surface area contributed by atoms with E-state index in [1.165, 1.54) is 0 Å². The highest BCUT2D eigenvalue weighted by Gasteiger charge is 2.09. The van der Waals surface area contributed by atoms with Crippen LogP contribution in [0.3, 0.4) is 0 Å². The van der Waals surface area contributed by atoms with E-state index in [2.05, 4.69) is 20.9 Å². The molecule has 0 aliphatic rings. The highest BCUT2D eigenvalue weighted by atomic mass is 79.9. The van der Waals surface area contributed by atoms with Crippen LogP contribution < -0.4 is 5.73 Å². The Morgan fingerprint density at radius 3 is 2.82 bits per heavy atom. The van der Waals surface area contributed by atoms with Crippen LogP contribution in [0.2, 0.25) is 0 Å². The molecule has 0 unspecified atom stereocenters. The average molecular weight is 288 g/mol. The van der Waals surface area contributed by atoms with Crippen molar-refractivity contribution in [3.05, 3.63) is 53.3 Å². The molecule has 2 heterocycles. The van der Waals surface area contributed by atoms with Crippen molar-refractivity contribution in [3.8, 4) is 11.4 Å². The Morgan fingerprint density at radius 2 is 2.00 bits per heavy atom. The first-order valence-corrected chi connectivity index (χ1v) is 6.03. The van der Waals surface area contributed by atoms with Crippen molar-refractivity contribution in [2.75, 3.05) is 5.73 Å². The van der Waals surface area contributed by atoms with Crippen LogP contribution in [0.1, 0.15) is 0 Å². The molecule has 3 aromatic rings. The van der Waals surface area contributed by atoms with Crippen LogP contribution >= 0.6 is 15.9 Å². The van der Waals surface area contributed by atoms with Gasteiger partial charge in [-0.15, -0.1) is 0 Å². The molecule has 0 radical (unpaired) electrons. The van der Waals surface area contributed by atoms with Crippen LogP contribution in [0.15, 0.2) is 53.3 Å². The van der Waals surface area contributed by atoms with Gasteiger partial charge >= 0.3 is 0 Å². The van der Waals surface area contributed by atoms with E-state index in [0.29, 0.717) is 0 Å². The van der Waals surface area contributed by atoms with Gasteiger partial charge in [-0.05, 0) is 40.2 Å². The number of aromatic nitrogens is 2. The third-order valence-electron chi connectivity index (χ3n) is 2.65. The number of imidazole rings is 1. The molecular weight excluding hydrogens is 278 g/mol. The molecule has 17 heavy (non-hydrogen) atoms. The molecule has 0 spiro atoms. The van der Waals surface area contributed by atoms with Gasteiger partial charge in [0.15, 0.2) is 0 Å². The number of hydrogen-bond acceptors (Lipinski definition) is 2. The third kappa shape index (κ3) is 1.70. The minimum Gasteiger partial charge on any atom is -0.399 e. The summed E-state index contributed by atoms with van der Waals surface area (Å²) >= 11 is 3.47. The number of hydrogen-bond donors (Lipinski definition) is 1. The van der Waals surface area contributed by atoms with Crippen molar-refractivity contribution in [1.82, 2.24) is 9.38 Å². The lowest BCUT2D eigenvalue weighted by molar-refractivity contribution is 1.16. The van der Waals surface area contributed by atoms with E-state index >= 15 is 0 Å². The van der Waals surface area contributed by atoms with Crippen LogP contribution in [-0.2, 0) is 0 Å². The maximum absolute atomic E-state index is 5.80. The first kappa shape index (κ1) is 10.4. The Labute approximate surface area is 107 Å². The Hall–Kier alpha value is -1.81. The lowest BCUT2D eigenvalue weighted by Gasteiger charge is -2.01. The Kier molecular flexibility index (Phi) is 2.37. The fourth-order valence-corrected chi connectivity index (χ4v) is 2.37. The third-order valence-corrected chi connectivity index (χ3v) is 3.23. The van der Waals surface area contributed by atoms with Gasteiger partial charge in [-0.25, -0.2) is 4.98 Å².